The van der Waals surface area contributed by atoms with Gasteiger partial charge in [0.05, 0.1) is 28.6 Å². The van der Waals surface area contributed by atoms with Crippen LogP contribution in [0.3, 0.4) is 0 Å². The van der Waals surface area contributed by atoms with Gasteiger partial charge in [0.2, 0.25) is 5.95 Å². The second kappa shape index (κ2) is 18.1. The molecule has 0 bridgehead atoms. The van der Waals surface area contributed by atoms with Crippen molar-refractivity contribution in [2.45, 2.75) is 24.5 Å². The van der Waals surface area contributed by atoms with Crippen LogP contribution in [0.15, 0.2) is 11.1 Å². The summed E-state index contributed by atoms with van der Waals surface area (Å²) in [5, 5.41) is 28.7. The minimum absolute atomic E-state index is 0. The van der Waals surface area contributed by atoms with Crippen molar-refractivity contribution >= 4 is 40.6 Å². The number of fused-ring (bicyclic) bond motifs is 1. The average molecular weight is 571 g/mol. The minimum Gasteiger partial charge on any atom is -0.790 e. The van der Waals surface area contributed by atoms with Gasteiger partial charge in [-0.05, 0) is 0 Å². The molecule has 1 aliphatic heterocycles. The number of imidazole rings is 1. The van der Waals surface area contributed by atoms with Crippen LogP contribution in [-0.4, -0.2) is 59.8 Å². The molecule has 188 valence electrons. The minimum atomic E-state index is -5.97. The van der Waals surface area contributed by atoms with Gasteiger partial charge in [-0.15, -0.1) is 0 Å². The number of ether oxygens (including phenoxy) is 1. The molecule has 20 nitrogen and oxygen atoms in total. The van der Waals surface area contributed by atoms with Crippen LogP contribution < -0.4 is 130 Å². The molecule has 3 heterocycles. The van der Waals surface area contributed by atoms with E-state index in [-0.39, 0.29) is 111 Å². The van der Waals surface area contributed by atoms with Crippen molar-refractivity contribution in [3.8, 4) is 0 Å². The van der Waals surface area contributed by atoms with Gasteiger partial charge in [-0.1, -0.05) is 0 Å². The van der Waals surface area contributed by atoms with Crippen molar-refractivity contribution in [2.24, 2.45) is 0 Å². The topological polar surface area (TPSA) is 344 Å². The Morgan fingerprint density at radius 1 is 1.00 bits per heavy atom. The van der Waals surface area contributed by atoms with Crippen LogP contribution in [0.25, 0.3) is 11.2 Å². The van der Waals surface area contributed by atoms with E-state index in [0.717, 1.165) is 0 Å². The van der Waals surface area contributed by atoms with Crippen molar-refractivity contribution in [3.63, 3.8) is 0 Å². The standard InChI is InChI=1S/C10H13N5O5.5Li.H5O10P3/c11-10-13-7-4(8(19)14-10)12-2-15(7)9-6(18)5(17)3(1-16)20-9;;;;;;1-11(2,3)9-13(7,8)10-12(4,5)6/h2-3,5-6,9,16-18H,1H2,(H3,11,13,14,19);;;;;;(H,7,8)(H2,1,2,3)(H2,4,5,6)/q;5*+1;/p-5/t3-,5-,6-,9-;;;;;;/m1....../s1. The molecule has 1 saturated heterocycles. The van der Waals surface area contributed by atoms with E-state index >= 15 is 0 Å². The molecule has 0 spiro atoms. The van der Waals surface area contributed by atoms with Crippen LogP contribution in [0.1, 0.15) is 6.23 Å². The third kappa shape index (κ3) is 13.6. The van der Waals surface area contributed by atoms with Crippen LogP contribution in [0.5, 0.6) is 0 Å². The Balaban J connectivity index is -0.000000289. The Bertz CT molecular complexity index is 1180. The largest absolute Gasteiger partial charge is 1.00 e. The summed E-state index contributed by atoms with van der Waals surface area (Å²) in [5.41, 5.74) is 5.12. The summed E-state index contributed by atoms with van der Waals surface area (Å²) in [6, 6.07) is 0. The van der Waals surface area contributed by atoms with Crippen LogP contribution in [0.4, 0.5) is 5.95 Å². The molecular formula is C10H13Li5N5O15P3. The fraction of sp³-hybridized carbons (Fsp3) is 0.500. The zero-order chi connectivity index (χ0) is 25.4. The number of nitrogens with one attached hydrogen (secondary N) is 1. The Labute approximate surface area is 272 Å². The van der Waals surface area contributed by atoms with E-state index in [1.165, 1.54) is 10.9 Å². The summed E-state index contributed by atoms with van der Waals surface area (Å²) in [6.07, 6.45) is -3.21. The Kier molecular flexibility index (Phi) is 22.1. The second-order valence-electron chi connectivity index (χ2n) is 6.01. The number of nitrogens with two attached hydrogens (primary N) is 1. The van der Waals surface area contributed by atoms with Gasteiger partial charge in [-0.3, -0.25) is 27.5 Å². The van der Waals surface area contributed by atoms with E-state index in [9.17, 15) is 53.2 Å². The Hall–Kier alpha value is 1.39. The first-order chi connectivity index (χ1) is 14.9. The molecule has 0 aromatic carbocycles. The van der Waals surface area contributed by atoms with Gasteiger partial charge in [0.1, 0.15) is 18.3 Å². The third-order valence-electron chi connectivity index (χ3n) is 3.64. The molecule has 0 aliphatic carbocycles. The van der Waals surface area contributed by atoms with Crippen molar-refractivity contribution in [1.29, 1.82) is 0 Å². The first-order valence-corrected chi connectivity index (χ1v) is 12.4. The number of aromatic nitrogens is 4. The van der Waals surface area contributed by atoms with Crippen molar-refractivity contribution in [3.05, 3.63) is 16.7 Å². The van der Waals surface area contributed by atoms with Gasteiger partial charge in [0.15, 0.2) is 17.4 Å². The molecule has 2 aromatic rings. The number of phosphoric acid groups is 3. The van der Waals surface area contributed by atoms with Crippen molar-refractivity contribution in [1.82, 2.24) is 19.5 Å². The van der Waals surface area contributed by atoms with Crippen molar-refractivity contribution < 1.29 is 161 Å². The Morgan fingerprint density at radius 3 is 1.87 bits per heavy atom. The SMILES string of the molecule is Nc1nc2c(ncn2[C@@H]2O[C@H](CO)[C@@H](O)[C@H]2O)c(=O)[nH]1.O=P([O-])([O-])OP(=O)([O-])OP(=O)([O-])[O-].[Li+].[Li+].[Li+].[Li+].[Li+]. The molecule has 38 heavy (non-hydrogen) atoms. The summed E-state index contributed by atoms with van der Waals surface area (Å²) in [4.78, 5) is 70.4. The first kappa shape index (κ1) is 46.3. The second-order valence-corrected chi connectivity index (χ2v) is 10.00. The predicted molar refractivity (Wildman–Crippen MR) is 90.6 cm³/mol. The van der Waals surface area contributed by atoms with Gasteiger partial charge < -0.3 is 59.4 Å². The van der Waals surface area contributed by atoms with Gasteiger partial charge in [0.25, 0.3) is 13.4 Å². The molecule has 0 amide bonds. The number of aromatic amines is 1. The first-order valence-electron chi connectivity index (χ1n) is 8.06. The number of hydrogen-bond acceptors (Lipinski definition) is 18. The number of nitrogen functional groups attached to an aromatic ring is 1. The number of hydrogen-bond donors (Lipinski definition) is 5. The van der Waals surface area contributed by atoms with Gasteiger partial charge in [-0.2, -0.15) is 4.98 Å². The molecule has 2 aromatic heterocycles. The molecule has 1 fully saturated rings. The van der Waals surface area contributed by atoms with Crippen LogP contribution in [0, 0.1) is 0 Å². The summed E-state index contributed by atoms with van der Waals surface area (Å²) in [6.45, 7) is -0.447. The summed E-state index contributed by atoms with van der Waals surface area (Å²) in [7, 11) is -17.9. The number of anilines is 1. The monoisotopic (exact) mass is 571 g/mol. The van der Waals surface area contributed by atoms with Gasteiger partial charge in [0, 0.05) is 0 Å². The van der Waals surface area contributed by atoms with E-state index in [4.69, 9.17) is 15.6 Å². The number of nitrogens with zero attached hydrogens (tertiary/aromatic N) is 3. The zero-order valence-electron chi connectivity index (χ0n) is 20.6. The molecule has 1 aliphatic rings. The molecule has 3 rings (SSSR count). The fourth-order valence-electron chi connectivity index (χ4n) is 2.50. The average Bonchev–Trinajstić information content (AvgIpc) is 3.13. The zero-order valence-corrected chi connectivity index (χ0v) is 23.3. The van der Waals surface area contributed by atoms with Crippen LogP contribution in [0.2, 0.25) is 0 Å². The smallest absolute Gasteiger partial charge is 0.790 e. The third-order valence-corrected chi connectivity index (χ3v) is 6.84. The summed E-state index contributed by atoms with van der Waals surface area (Å²) < 4.78 is 41.3. The summed E-state index contributed by atoms with van der Waals surface area (Å²) in [5.74, 6) is -0.101. The molecule has 6 N–H and O–H groups in total. The maximum atomic E-state index is 11.7. The van der Waals surface area contributed by atoms with Gasteiger partial charge >= 0.3 is 94.3 Å². The molecule has 4 atom stereocenters. The van der Waals surface area contributed by atoms with Gasteiger partial charge in [-0.25, -0.2) is 4.98 Å². The number of aliphatic hydroxyl groups is 3. The maximum Gasteiger partial charge on any atom is 1.00 e. The summed E-state index contributed by atoms with van der Waals surface area (Å²) >= 11 is 0. The molecule has 0 unspecified atom stereocenters. The van der Waals surface area contributed by atoms with E-state index in [2.05, 4.69) is 23.6 Å². The van der Waals surface area contributed by atoms with E-state index in [0.29, 0.717) is 0 Å². The Morgan fingerprint density at radius 2 is 1.47 bits per heavy atom. The van der Waals surface area contributed by atoms with Crippen LogP contribution in [-0.2, 0) is 27.1 Å². The van der Waals surface area contributed by atoms with E-state index < -0.39 is 60.2 Å². The molecule has 0 radical (unpaired) electrons. The molecular weight excluding hydrogens is 558 g/mol. The van der Waals surface area contributed by atoms with Crippen molar-refractivity contribution in [2.75, 3.05) is 12.3 Å². The maximum absolute atomic E-state index is 11.7. The molecule has 28 heteroatoms. The number of H-pyrrole nitrogens is 1. The fourth-order valence-corrected chi connectivity index (χ4v) is 4.85. The van der Waals surface area contributed by atoms with E-state index in [1.807, 2.05) is 0 Å². The molecule has 0 saturated carbocycles. The normalized spacial score (nSPS) is 20.8. The number of rotatable bonds is 6. The van der Waals surface area contributed by atoms with Crippen LogP contribution >= 0.6 is 23.5 Å². The number of aliphatic hydroxyl groups excluding tert-OH is 3. The quantitative estimate of drug-likeness (QED) is 0.159. The van der Waals surface area contributed by atoms with E-state index in [1.54, 1.807) is 0 Å². The predicted octanol–water partition coefficient (Wildman–Crippen LogP) is -21.5.